The van der Waals surface area contributed by atoms with Gasteiger partial charge in [0.25, 0.3) is 0 Å². The molecule has 1 aliphatic heterocycles. The molecule has 0 aliphatic carbocycles. The van der Waals surface area contributed by atoms with Gasteiger partial charge in [-0.15, -0.1) is 0 Å². The Morgan fingerprint density at radius 2 is 1.94 bits per heavy atom. The maximum Gasteiger partial charge on any atom is 0.0112 e. The van der Waals surface area contributed by atoms with Gasteiger partial charge < -0.3 is 10.2 Å². The van der Waals surface area contributed by atoms with Gasteiger partial charge in [0.05, 0.1) is 0 Å². The van der Waals surface area contributed by atoms with E-state index in [4.69, 9.17) is 0 Å². The standard InChI is InChI=1S/C13H29N3/c1-4-7-14-8-6-13(2)16-10-5-9-15(3)11-12-16/h13-14H,4-12H2,1-3H3. The Bertz CT molecular complexity index is 173. The lowest BCUT2D eigenvalue weighted by Gasteiger charge is -2.27. The first kappa shape index (κ1) is 13.9. The highest BCUT2D eigenvalue weighted by Crippen LogP contribution is 2.08. The van der Waals surface area contributed by atoms with Crippen molar-refractivity contribution in [3.8, 4) is 0 Å². The predicted octanol–water partition coefficient (Wildman–Crippen LogP) is 1.40. The summed E-state index contributed by atoms with van der Waals surface area (Å²) >= 11 is 0. The van der Waals surface area contributed by atoms with Gasteiger partial charge in [0, 0.05) is 19.1 Å². The van der Waals surface area contributed by atoms with Crippen LogP contribution >= 0.6 is 0 Å². The van der Waals surface area contributed by atoms with Crippen LogP contribution in [0.15, 0.2) is 0 Å². The zero-order valence-corrected chi connectivity index (χ0v) is 11.3. The number of nitrogens with one attached hydrogen (secondary N) is 1. The van der Waals surface area contributed by atoms with E-state index < -0.39 is 0 Å². The van der Waals surface area contributed by atoms with Crippen LogP contribution in [-0.2, 0) is 0 Å². The fraction of sp³-hybridized carbons (Fsp3) is 1.00. The van der Waals surface area contributed by atoms with Crippen LogP contribution in [0.3, 0.4) is 0 Å². The summed E-state index contributed by atoms with van der Waals surface area (Å²) in [6, 6.07) is 0.732. The SMILES string of the molecule is CCCNCCC(C)N1CCCN(C)CC1. The summed E-state index contributed by atoms with van der Waals surface area (Å²) < 4.78 is 0. The van der Waals surface area contributed by atoms with Gasteiger partial charge in [0.1, 0.15) is 0 Å². The minimum Gasteiger partial charge on any atom is -0.317 e. The number of rotatable bonds is 6. The van der Waals surface area contributed by atoms with E-state index in [0.717, 1.165) is 12.6 Å². The average molecular weight is 227 g/mol. The first-order valence-corrected chi connectivity index (χ1v) is 6.87. The third-order valence-corrected chi connectivity index (χ3v) is 3.54. The molecule has 0 aromatic carbocycles. The number of nitrogens with zero attached hydrogens (tertiary/aromatic N) is 2. The molecule has 3 heteroatoms. The van der Waals surface area contributed by atoms with Crippen molar-refractivity contribution < 1.29 is 0 Å². The van der Waals surface area contributed by atoms with Crippen molar-refractivity contribution in [1.82, 2.24) is 15.1 Å². The van der Waals surface area contributed by atoms with E-state index in [0.29, 0.717) is 0 Å². The van der Waals surface area contributed by atoms with E-state index in [-0.39, 0.29) is 0 Å². The van der Waals surface area contributed by atoms with Gasteiger partial charge in [-0.25, -0.2) is 0 Å². The summed E-state index contributed by atoms with van der Waals surface area (Å²) in [6.07, 6.45) is 3.84. The van der Waals surface area contributed by atoms with Crippen LogP contribution in [0.5, 0.6) is 0 Å². The fourth-order valence-corrected chi connectivity index (χ4v) is 2.30. The third-order valence-electron chi connectivity index (χ3n) is 3.54. The van der Waals surface area contributed by atoms with Crippen molar-refractivity contribution in [3.63, 3.8) is 0 Å². The Labute approximate surface area is 101 Å². The summed E-state index contributed by atoms with van der Waals surface area (Å²) in [5, 5.41) is 3.49. The van der Waals surface area contributed by atoms with Crippen LogP contribution in [0.4, 0.5) is 0 Å². The van der Waals surface area contributed by atoms with Crippen LogP contribution in [-0.4, -0.2) is 62.2 Å². The zero-order valence-electron chi connectivity index (χ0n) is 11.3. The Morgan fingerprint density at radius 1 is 1.12 bits per heavy atom. The molecule has 0 radical (unpaired) electrons. The summed E-state index contributed by atoms with van der Waals surface area (Å²) in [7, 11) is 2.23. The van der Waals surface area contributed by atoms with E-state index in [2.05, 4.69) is 36.0 Å². The van der Waals surface area contributed by atoms with Crippen molar-refractivity contribution in [2.24, 2.45) is 0 Å². The zero-order chi connectivity index (χ0) is 11.8. The summed E-state index contributed by atoms with van der Waals surface area (Å²) in [6.45, 7) is 11.9. The van der Waals surface area contributed by atoms with E-state index in [1.807, 2.05) is 0 Å². The lowest BCUT2D eigenvalue weighted by atomic mass is 10.2. The molecular weight excluding hydrogens is 198 g/mol. The maximum absolute atomic E-state index is 3.49. The molecule has 1 aliphatic rings. The second kappa shape index (κ2) is 8.04. The molecule has 1 saturated heterocycles. The number of hydrogen-bond donors (Lipinski definition) is 1. The number of likely N-dealkylation sites (N-methyl/N-ethyl adjacent to an activating group) is 1. The molecular formula is C13H29N3. The Balaban J connectivity index is 2.16. The molecule has 1 N–H and O–H groups in total. The van der Waals surface area contributed by atoms with Crippen LogP contribution in [0.25, 0.3) is 0 Å². The smallest absolute Gasteiger partial charge is 0.0112 e. The van der Waals surface area contributed by atoms with Crippen molar-refractivity contribution >= 4 is 0 Å². The lowest BCUT2D eigenvalue weighted by Crippen LogP contribution is -2.38. The van der Waals surface area contributed by atoms with Crippen molar-refractivity contribution in [3.05, 3.63) is 0 Å². The normalized spacial score (nSPS) is 21.9. The molecule has 0 saturated carbocycles. The summed E-state index contributed by atoms with van der Waals surface area (Å²) in [4.78, 5) is 5.10. The molecule has 0 amide bonds. The topological polar surface area (TPSA) is 18.5 Å². The van der Waals surface area contributed by atoms with Gasteiger partial charge in [-0.1, -0.05) is 6.92 Å². The highest BCUT2D eigenvalue weighted by atomic mass is 15.2. The summed E-state index contributed by atoms with van der Waals surface area (Å²) in [5.74, 6) is 0. The van der Waals surface area contributed by atoms with Gasteiger partial charge in [0.15, 0.2) is 0 Å². The van der Waals surface area contributed by atoms with E-state index >= 15 is 0 Å². The molecule has 0 aromatic heterocycles. The molecule has 1 unspecified atom stereocenters. The highest BCUT2D eigenvalue weighted by Gasteiger charge is 2.16. The van der Waals surface area contributed by atoms with Crippen molar-refractivity contribution in [1.29, 1.82) is 0 Å². The van der Waals surface area contributed by atoms with Crippen LogP contribution in [0.2, 0.25) is 0 Å². The third kappa shape index (κ3) is 5.28. The first-order valence-electron chi connectivity index (χ1n) is 6.87. The minimum absolute atomic E-state index is 0.732. The van der Waals surface area contributed by atoms with Gasteiger partial charge in [0.2, 0.25) is 0 Å². The van der Waals surface area contributed by atoms with Gasteiger partial charge in [-0.2, -0.15) is 0 Å². The quantitative estimate of drug-likeness (QED) is 0.692. The Kier molecular flexibility index (Phi) is 7.01. The fourth-order valence-electron chi connectivity index (χ4n) is 2.30. The van der Waals surface area contributed by atoms with E-state index in [1.165, 1.54) is 52.0 Å². The largest absolute Gasteiger partial charge is 0.317 e. The highest BCUT2D eigenvalue weighted by molar-refractivity contribution is 4.73. The number of hydrogen-bond acceptors (Lipinski definition) is 3. The van der Waals surface area contributed by atoms with Crippen LogP contribution in [0.1, 0.15) is 33.1 Å². The Morgan fingerprint density at radius 3 is 2.69 bits per heavy atom. The van der Waals surface area contributed by atoms with Crippen molar-refractivity contribution in [2.45, 2.75) is 39.2 Å². The first-order chi connectivity index (χ1) is 7.74. The molecule has 0 spiro atoms. The second-order valence-electron chi connectivity index (χ2n) is 5.08. The van der Waals surface area contributed by atoms with Gasteiger partial charge >= 0.3 is 0 Å². The molecule has 1 rings (SSSR count). The van der Waals surface area contributed by atoms with E-state index in [1.54, 1.807) is 0 Å². The molecule has 1 heterocycles. The maximum atomic E-state index is 3.49. The van der Waals surface area contributed by atoms with Gasteiger partial charge in [-0.3, -0.25) is 4.90 Å². The monoisotopic (exact) mass is 227 g/mol. The summed E-state index contributed by atoms with van der Waals surface area (Å²) in [5.41, 5.74) is 0. The molecule has 1 atom stereocenters. The predicted molar refractivity (Wildman–Crippen MR) is 70.9 cm³/mol. The molecule has 1 fully saturated rings. The lowest BCUT2D eigenvalue weighted by molar-refractivity contribution is 0.205. The minimum atomic E-state index is 0.732. The molecule has 16 heavy (non-hydrogen) atoms. The van der Waals surface area contributed by atoms with Crippen LogP contribution < -0.4 is 5.32 Å². The van der Waals surface area contributed by atoms with Gasteiger partial charge in [-0.05, 0) is 59.4 Å². The van der Waals surface area contributed by atoms with E-state index in [9.17, 15) is 0 Å². The molecule has 96 valence electrons. The molecule has 0 aromatic rings. The molecule has 0 bridgehead atoms. The molecule has 3 nitrogen and oxygen atoms in total. The van der Waals surface area contributed by atoms with Crippen molar-refractivity contribution in [2.75, 3.05) is 46.3 Å². The Hall–Kier alpha value is -0.120. The van der Waals surface area contributed by atoms with Crippen LogP contribution in [0, 0.1) is 0 Å². The second-order valence-corrected chi connectivity index (χ2v) is 5.08. The average Bonchev–Trinajstić information content (AvgIpc) is 2.49.